The van der Waals surface area contributed by atoms with Gasteiger partial charge < -0.3 is 11.1 Å². The number of hydrogen-bond donors (Lipinski definition) is 2. The standard InChI is InChI=1S/C17H23N3S/c1-12-19-17(11-21-12)13-6-8-15(9-7-13)20-16-5-3-2-4-14(16)10-18/h6-9,11,14,16,20H,2-5,10,18H2,1H3. The van der Waals surface area contributed by atoms with Crippen LogP contribution in [-0.2, 0) is 0 Å². The van der Waals surface area contributed by atoms with Crippen LogP contribution in [0.2, 0.25) is 0 Å². The quantitative estimate of drug-likeness (QED) is 0.896. The van der Waals surface area contributed by atoms with Crippen molar-refractivity contribution in [1.82, 2.24) is 4.98 Å². The second-order valence-corrected chi connectivity index (χ2v) is 6.92. The molecule has 2 atom stereocenters. The predicted molar refractivity (Wildman–Crippen MR) is 90.7 cm³/mol. The summed E-state index contributed by atoms with van der Waals surface area (Å²) in [7, 11) is 0. The molecule has 0 radical (unpaired) electrons. The fourth-order valence-electron chi connectivity index (χ4n) is 3.13. The van der Waals surface area contributed by atoms with Gasteiger partial charge in [-0.15, -0.1) is 11.3 Å². The molecule has 2 unspecified atom stereocenters. The Bertz CT molecular complexity index is 576. The number of nitrogens with two attached hydrogens (primary N) is 1. The van der Waals surface area contributed by atoms with Crippen molar-refractivity contribution < 1.29 is 0 Å². The average molecular weight is 301 g/mol. The molecule has 112 valence electrons. The van der Waals surface area contributed by atoms with E-state index in [1.54, 1.807) is 11.3 Å². The lowest BCUT2D eigenvalue weighted by Gasteiger charge is -2.32. The first kappa shape index (κ1) is 14.5. The van der Waals surface area contributed by atoms with E-state index in [4.69, 9.17) is 5.73 Å². The monoisotopic (exact) mass is 301 g/mol. The van der Waals surface area contributed by atoms with E-state index < -0.39 is 0 Å². The molecule has 0 spiro atoms. The van der Waals surface area contributed by atoms with Crippen molar-refractivity contribution in [2.75, 3.05) is 11.9 Å². The molecule has 4 heteroatoms. The van der Waals surface area contributed by atoms with Gasteiger partial charge in [-0.2, -0.15) is 0 Å². The van der Waals surface area contributed by atoms with Crippen molar-refractivity contribution in [3.63, 3.8) is 0 Å². The lowest BCUT2D eigenvalue weighted by atomic mass is 9.84. The molecule has 3 nitrogen and oxygen atoms in total. The summed E-state index contributed by atoms with van der Waals surface area (Å²) in [6.07, 6.45) is 5.12. The molecule has 1 aliphatic rings. The number of aromatic nitrogens is 1. The number of aryl methyl sites for hydroxylation is 1. The SMILES string of the molecule is Cc1nc(-c2ccc(NC3CCCCC3CN)cc2)cs1. The van der Waals surface area contributed by atoms with Crippen LogP contribution < -0.4 is 11.1 Å². The second kappa shape index (κ2) is 6.58. The highest BCUT2D eigenvalue weighted by molar-refractivity contribution is 7.09. The maximum atomic E-state index is 5.90. The molecule has 3 rings (SSSR count). The van der Waals surface area contributed by atoms with Gasteiger partial charge in [0.05, 0.1) is 10.7 Å². The third kappa shape index (κ3) is 3.44. The lowest BCUT2D eigenvalue weighted by Crippen LogP contribution is -2.36. The highest BCUT2D eigenvalue weighted by atomic mass is 32.1. The summed E-state index contributed by atoms with van der Waals surface area (Å²) in [6, 6.07) is 9.14. The van der Waals surface area contributed by atoms with Crippen LogP contribution in [-0.4, -0.2) is 17.6 Å². The Hall–Kier alpha value is -1.39. The fourth-order valence-corrected chi connectivity index (χ4v) is 3.75. The van der Waals surface area contributed by atoms with Gasteiger partial charge in [-0.25, -0.2) is 4.98 Å². The van der Waals surface area contributed by atoms with E-state index in [0.717, 1.165) is 17.2 Å². The van der Waals surface area contributed by atoms with Gasteiger partial charge in [0.15, 0.2) is 0 Å². The maximum Gasteiger partial charge on any atom is 0.0901 e. The van der Waals surface area contributed by atoms with Crippen molar-refractivity contribution in [2.45, 2.75) is 38.6 Å². The molecule has 1 saturated carbocycles. The van der Waals surface area contributed by atoms with Gasteiger partial charge in [-0.3, -0.25) is 0 Å². The molecular weight excluding hydrogens is 278 g/mol. The lowest BCUT2D eigenvalue weighted by molar-refractivity contribution is 0.332. The van der Waals surface area contributed by atoms with Gasteiger partial charge in [0.1, 0.15) is 0 Å². The molecular formula is C17H23N3S. The topological polar surface area (TPSA) is 50.9 Å². The molecule has 0 bridgehead atoms. The second-order valence-electron chi connectivity index (χ2n) is 5.86. The Labute approximate surface area is 130 Å². The minimum Gasteiger partial charge on any atom is -0.382 e. The zero-order valence-electron chi connectivity index (χ0n) is 12.5. The van der Waals surface area contributed by atoms with E-state index in [0.29, 0.717) is 12.0 Å². The molecule has 21 heavy (non-hydrogen) atoms. The molecule has 1 fully saturated rings. The summed E-state index contributed by atoms with van der Waals surface area (Å²) in [5.41, 5.74) is 9.35. The first-order valence-corrected chi connectivity index (χ1v) is 8.63. The van der Waals surface area contributed by atoms with Gasteiger partial charge in [0, 0.05) is 22.7 Å². The van der Waals surface area contributed by atoms with E-state index >= 15 is 0 Å². The van der Waals surface area contributed by atoms with Crippen molar-refractivity contribution in [2.24, 2.45) is 11.7 Å². The van der Waals surface area contributed by atoms with Crippen LogP contribution in [0.15, 0.2) is 29.6 Å². The molecule has 0 amide bonds. The molecule has 1 aromatic carbocycles. The summed E-state index contributed by atoms with van der Waals surface area (Å²) in [4.78, 5) is 4.53. The molecule has 1 heterocycles. The Morgan fingerprint density at radius 1 is 1.24 bits per heavy atom. The molecule has 0 saturated heterocycles. The van der Waals surface area contributed by atoms with E-state index in [2.05, 4.69) is 39.9 Å². The highest BCUT2D eigenvalue weighted by Gasteiger charge is 2.23. The summed E-state index contributed by atoms with van der Waals surface area (Å²) in [5.74, 6) is 0.611. The first-order chi connectivity index (χ1) is 10.3. The molecule has 1 aliphatic carbocycles. The van der Waals surface area contributed by atoms with Gasteiger partial charge in [0.25, 0.3) is 0 Å². The smallest absolute Gasteiger partial charge is 0.0901 e. The van der Waals surface area contributed by atoms with E-state index in [1.165, 1.54) is 36.9 Å². The normalized spacial score (nSPS) is 22.2. The largest absolute Gasteiger partial charge is 0.382 e. The Kier molecular flexibility index (Phi) is 4.56. The molecule has 3 N–H and O–H groups in total. The van der Waals surface area contributed by atoms with E-state index in [9.17, 15) is 0 Å². The van der Waals surface area contributed by atoms with Crippen LogP contribution >= 0.6 is 11.3 Å². The van der Waals surface area contributed by atoms with Crippen molar-refractivity contribution >= 4 is 17.0 Å². The van der Waals surface area contributed by atoms with Crippen molar-refractivity contribution in [1.29, 1.82) is 0 Å². The van der Waals surface area contributed by atoms with Crippen molar-refractivity contribution in [3.05, 3.63) is 34.7 Å². The van der Waals surface area contributed by atoms with Crippen molar-refractivity contribution in [3.8, 4) is 11.3 Å². The van der Waals surface area contributed by atoms with Gasteiger partial charge in [-0.1, -0.05) is 25.0 Å². The number of rotatable bonds is 4. The summed E-state index contributed by atoms with van der Waals surface area (Å²) in [6.45, 7) is 2.83. The number of benzene rings is 1. The Morgan fingerprint density at radius 3 is 2.67 bits per heavy atom. The van der Waals surface area contributed by atoms with Gasteiger partial charge >= 0.3 is 0 Å². The third-order valence-corrected chi connectivity index (χ3v) is 5.14. The van der Waals surface area contributed by atoms with Crippen LogP contribution in [0.5, 0.6) is 0 Å². The summed E-state index contributed by atoms with van der Waals surface area (Å²) in [5, 5.41) is 6.89. The van der Waals surface area contributed by atoms with Crippen LogP contribution in [0, 0.1) is 12.8 Å². The maximum absolute atomic E-state index is 5.90. The fraction of sp³-hybridized carbons (Fsp3) is 0.471. The number of thiazole rings is 1. The number of nitrogens with zero attached hydrogens (tertiary/aromatic N) is 1. The molecule has 0 aliphatic heterocycles. The predicted octanol–water partition coefficient (Wildman–Crippen LogP) is 4.05. The number of anilines is 1. The summed E-state index contributed by atoms with van der Waals surface area (Å²) < 4.78 is 0. The minimum atomic E-state index is 0.524. The third-order valence-electron chi connectivity index (χ3n) is 4.36. The number of hydrogen-bond acceptors (Lipinski definition) is 4. The summed E-state index contributed by atoms with van der Waals surface area (Å²) >= 11 is 1.69. The highest BCUT2D eigenvalue weighted by Crippen LogP contribution is 2.28. The van der Waals surface area contributed by atoms with E-state index in [1.807, 2.05) is 6.92 Å². The van der Waals surface area contributed by atoms with Crippen LogP contribution in [0.25, 0.3) is 11.3 Å². The Morgan fingerprint density at radius 2 is 2.00 bits per heavy atom. The number of nitrogens with one attached hydrogen (secondary N) is 1. The zero-order chi connectivity index (χ0) is 14.7. The van der Waals surface area contributed by atoms with Gasteiger partial charge in [0.2, 0.25) is 0 Å². The van der Waals surface area contributed by atoms with E-state index in [-0.39, 0.29) is 0 Å². The van der Waals surface area contributed by atoms with Gasteiger partial charge in [-0.05, 0) is 44.4 Å². The Balaban J connectivity index is 1.69. The molecule has 1 aromatic heterocycles. The van der Waals surface area contributed by atoms with Crippen LogP contribution in [0.3, 0.4) is 0 Å². The zero-order valence-corrected chi connectivity index (χ0v) is 13.3. The first-order valence-electron chi connectivity index (χ1n) is 7.75. The van der Waals surface area contributed by atoms with Crippen LogP contribution in [0.4, 0.5) is 5.69 Å². The molecule has 2 aromatic rings. The average Bonchev–Trinajstić information content (AvgIpc) is 2.95. The minimum absolute atomic E-state index is 0.524. The van der Waals surface area contributed by atoms with Crippen LogP contribution in [0.1, 0.15) is 30.7 Å².